The minimum atomic E-state index is -4.38. The second-order valence-electron chi connectivity index (χ2n) is 2.34. The molecule has 0 amide bonds. The zero-order valence-corrected chi connectivity index (χ0v) is 8.95. The van der Waals surface area contributed by atoms with Crippen LogP contribution in [0.5, 0.6) is 5.75 Å². The number of alkyl halides is 3. The van der Waals surface area contributed by atoms with Crippen molar-refractivity contribution in [3.63, 3.8) is 0 Å². The van der Waals surface area contributed by atoms with Crippen LogP contribution in [0.15, 0.2) is 16.9 Å². The van der Waals surface area contributed by atoms with E-state index in [1.807, 2.05) is 0 Å². The van der Waals surface area contributed by atoms with Gasteiger partial charge < -0.3 is 4.74 Å². The highest BCUT2D eigenvalue weighted by Crippen LogP contribution is 2.27. The van der Waals surface area contributed by atoms with Crippen LogP contribution in [0.3, 0.4) is 0 Å². The molecule has 14 heavy (non-hydrogen) atoms. The van der Waals surface area contributed by atoms with Crippen LogP contribution in [0.1, 0.15) is 0 Å². The Kier molecular flexibility index (Phi) is 3.60. The van der Waals surface area contributed by atoms with E-state index in [0.29, 0.717) is 4.60 Å². The molecule has 0 saturated heterocycles. The second-order valence-corrected chi connectivity index (χ2v) is 3.56. The van der Waals surface area contributed by atoms with Gasteiger partial charge in [0.1, 0.15) is 15.4 Å². The summed E-state index contributed by atoms with van der Waals surface area (Å²) < 4.78 is 40.1. The van der Waals surface area contributed by atoms with Crippen LogP contribution in [0.25, 0.3) is 0 Å². The molecule has 1 aromatic heterocycles. The Balaban J connectivity index is 2.72. The Hall–Kier alpha value is -0.490. The van der Waals surface area contributed by atoms with Gasteiger partial charge in [-0.05, 0) is 15.9 Å². The summed E-state index contributed by atoms with van der Waals surface area (Å²) in [4.78, 5) is 3.71. The quantitative estimate of drug-likeness (QED) is 0.778. The maximum atomic E-state index is 11.8. The number of nitrogens with zero attached hydrogens (tertiary/aromatic N) is 1. The van der Waals surface area contributed by atoms with E-state index in [1.165, 1.54) is 12.3 Å². The Bertz CT molecular complexity index is 331. The summed E-state index contributed by atoms with van der Waals surface area (Å²) in [5, 5.41) is 0.0393. The van der Waals surface area contributed by atoms with E-state index in [9.17, 15) is 13.2 Å². The van der Waals surface area contributed by atoms with Crippen LogP contribution < -0.4 is 4.74 Å². The highest BCUT2D eigenvalue weighted by atomic mass is 79.9. The minimum absolute atomic E-state index is 0.0393. The first-order valence-electron chi connectivity index (χ1n) is 3.39. The van der Waals surface area contributed by atoms with Crippen LogP contribution in [-0.4, -0.2) is 17.8 Å². The predicted molar refractivity (Wildman–Crippen MR) is 48.5 cm³/mol. The monoisotopic (exact) mass is 289 g/mol. The number of hydrogen-bond acceptors (Lipinski definition) is 2. The number of ether oxygens (including phenoxy) is 1. The predicted octanol–water partition coefficient (Wildman–Crippen LogP) is 3.44. The fourth-order valence-corrected chi connectivity index (χ4v) is 1.13. The molecule has 0 aromatic carbocycles. The maximum Gasteiger partial charge on any atom is 0.422 e. The molecule has 0 saturated carbocycles. The first kappa shape index (κ1) is 11.6. The molecule has 0 aliphatic rings. The van der Waals surface area contributed by atoms with Crippen molar-refractivity contribution in [1.82, 2.24) is 4.98 Å². The first-order valence-corrected chi connectivity index (χ1v) is 4.56. The summed E-state index contributed by atoms with van der Waals surface area (Å²) >= 11 is 8.54. The summed E-state index contributed by atoms with van der Waals surface area (Å²) in [7, 11) is 0. The molecular weight excluding hydrogens is 286 g/mol. The van der Waals surface area contributed by atoms with Crippen LogP contribution in [-0.2, 0) is 0 Å². The lowest BCUT2D eigenvalue weighted by Crippen LogP contribution is -2.19. The molecule has 2 nitrogen and oxygen atoms in total. The van der Waals surface area contributed by atoms with Gasteiger partial charge in [-0.2, -0.15) is 13.2 Å². The molecule has 0 radical (unpaired) electrons. The van der Waals surface area contributed by atoms with Gasteiger partial charge in [-0.3, -0.25) is 0 Å². The number of halogens is 5. The van der Waals surface area contributed by atoms with Crippen molar-refractivity contribution in [1.29, 1.82) is 0 Å². The van der Waals surface area contributed by atoms with E-state index in [4.69, 9.17) is 11.6 Å². The first-order chi connectivity index (χ1) is 6.38. The smallest absolute Gasteiger partial charge is 0.422 e. The lowest BCUT2D eigenvalue weighted by molar-refractivity contribution is -0.153. The summed E-state index contributed by atoms with van der Waals surface area (Å²) in [5.74, 6) is -0.0501. The highest BCUT2D eigenvalue weighted by molar-refractivity contribution is 9.10. The van der Waals surface area contributed by atoms with Crippen LogP contribution in [0.4, 0.5) is 13.2 Å². The van der Waals surface area contributed by atoms with Crippen LogP contribution in [0, 0.1) is 0 Å². The molecule has 0 aliphatic carbocycles. The van der Waals surface area contributed by atoms with Gasteiger partial charge in [0, 0.05) is 6.07 Å². The third-order valence-electron chi connectivity index (χ3n) is 1.18. The molecule has 1 rings (SSSR count). The topological polar surface area (TPSA) is 22.1 Å². The standard InChI is InChI=1S/C7H4BrClF3NO/c8-6-1-5(4(9)2-13-6)14-3-7(10,11)12/h1-2H,3H2. The van der Waals surface area contributed by atoms with Gasteiger partial charge in [-0.1, -0.05) is 11.6 Å². The Morgan fingerprint density at radius 1 is 1.50 bits per heavy atom. The van der Waals surface area contributed by atoms with Crippen molar-refractivity contribution in [3.05, 3.63) is 21.9 Å². The zero-order chi connectivity index (χ0) is 10.8. The Morgan fingerprint density at radius 2 is 2.14 bits per heavy atom. The van der Waals surface area contributed by atoms with Gasteiger partial charge in [-0.15, -0.1) is 0 Å². The van der Waals surface area contributed by atoms with Gasteiger partial charge >= 0.3 is 6.18 Å². The third-order valence-corrected chi connectivity index (χ3v) is 1.90. The van der Waals surface area contributed by atoms with Crippen molar-refractivity contribution < 1.29 is 17.9 Å². The number of rotatable bonds is 2. The van der Waals surface area contributed by atoms with E-state index in [-0.39, 0.29) is 10.8 Å². The molecule has 1 aromatic rings. The fraction of sp³-hybridized carbons (Fsp3) is 0.286. The minimum Gasteiger partial charge on any atom is -0.482 e. The van der Waals surface area contributed by atoms with Crippen molar-refractivity contribution >= 4 is 27.5 Å². The zero-order valence-electron chi connectivity index (χ0n) is 6.61. The molecule has 0 spiro atoms. The third kappa shape index (κ3) is 3.71. The van der Waals surface area contributed by atoms with Crippen molar-refractivity contribution in [2.75, 3.05) is 6.61 Å². The summed E-state index contributed by atoms with van der Waals surface area (Å²) in [6, 6.07) is 1.27. The SMILES string of the molecule is FC(F)(F)COc1cc(Br)ncc1Cl. The largest absolute Gasteiger partial charge is 0.482 e. The summed E-state index contributed by atoms with van der Waals surface area (Å²) in [6.07, 6.45) is -3.17. The van der Waals surface area contributed by atoms with Crippen molar-refractivity contribution in [3.8, 4) is 5.75 Å². The molecule has 78 valence electrons. The van der Waals surface area contributed by atoms with Crippen molar-refractivity contribution in [2.45, 2.75) is 6.18 Å². The molecule has 0 N–H and O–H groups in total. The van der Waals surface area contributed by atoms with E-state index < -0.39 is 12.8 Å². The highest BCUT2D eigenvalue weighted by Gasteiger charge is 2.28. The van der Waals surface area contributed by atoms with Gasteiger partial charge in [0.05, 0.1) is 6.20 Å². The lowest BCUT2D eigenvalue weighted by Gasteiger charge is -2.09. The van der Waals surface area contributed by atoms with Gasteiger partial charge in [0.25, 0.3) is 0 Å². The second kappa shape index (κ2) is 4.35. The van der Waals surface area contributed by atoms with Gasteiger partial charge in [-0.25, -0.2) is 4.98 Å². The number of pyridine rings is 1. The fourth-order valence-electron chi connectivity index (χ4n) is 0.667. The van der Waals surface area contributed by atoms with E-state index in [1.54, 1.807) is 0 Å². The molecule has 7 heteroatoms. The molecule has 0 bridgehead atoms. The van der Waals surface area contributed by atoms with Crippen LogP contribution >= 0.6 is 27.5 Å². The van der Waals surface area contributed by atoms with Crippen LogP contribution in [0.2, 0.25) is 5.02 Å². The molecule has 1 heterocycles. The maximum absolute atomic E-state index is 11.8. The number of aromatic nitrogens is 1. The summed E-state index contributed by atoms with van der Waals surface area (Å²) in [6.45, 7) is -1.37. The average Bonchev–Trinajstić information content (AvgIpc) is 2.05. The normalized spacial score (nSPS) is 11.5. The molecule has 0 fully saturated rings. The van der Waals surface area contributed by atoms with Gasteiger partial charge in [0.2, 0.25) is 0 Å². The number of hydrogen-bond donors (Lipinski definition) is 0. The van der Waals surface area contributed by atoms with Crippen molar-refractivity contribution in [2.24, 2.45) is 0 Å². The molecular formula is C7H4BrClF3NO. The Labute approximate surface area is 91.2 Å². The Morgan fingerprint density at radius 3 is 2.71 bits per heavy atom. The summed E-state index contributed by atoms with van der Waals surface area (Å²) in [5.41, 5.74) is 0. The molecule has 0 unspecified atom stereocenters. The molecule has 0 atom stereocenters. The average molecular weight is 290 g/mol. The lowest BCUT2D eigenvalue weighted by atomic mass is 10.4. The van der Waals surface area contributed by atoms with E-state index in [2.05, 4.69) is 25.7 Å². The van der Waals surface area contributed by atoms with E-state index >= 15 is 0 Å². The molecule has 0 aliphatic heterocycles. The van der Waals surface area contributed by atoms with Gasteiger partial charge in [0.15, 0.2) is 6.61 Å². The van der Waals surface area contributed by atoms with E-state index in [0.717, 1.165) is 0 Å².